The van der Waals surface area contributed by atoms with Crippen LogP contribution in [0, 0.1) is 0 Å². The minimum absolute atomic E-state index is 0.541. The van der Waals surface area contributed by atoms with Gasteiger partial charge in [-0.2, -0.15) is 0 Å². The lowest BCUT2D eigenvalue weighted by atomic mass is 10.0. The van der Waals surface area contributed by atoms with Gasteiger partial charge in [-0.15, -0.1) is 0 Å². The molecular formula is C16H17ClN2. The molecule has 19 heavy (non-hydrogen) atoms. The standard InChI is InChI=1S/C16H17ClN2/c1-2-5-12-10-15(17)19-16(18-12)14-7-4-3-6-13(14)11-8-9-11/h3-4,6-7,10-11H,2,5,8-9H2,1H3. The summed E-state index contributed by atoms with van der Waals surface area (Å²) in [4.78, 5) is 9.08. The topological polar surface area (TPSA) is 25.8 Å². The zero-order valence-corrected chi connectivity index (χ0v) is 11.8. The first-order valence-corrected chi connectivity index (χ1v) is 7.28. The van der Waals surface area contributed by atoms with Crippen LogP contribution in [-0.4, -0.2) is 9.97 Å². The second kappa shape index (κ2) is 5.30. The minimum Gasteiger partial charge on any atom is -0.233 e. The largest absolute Gasteiger partial charge is 0.233 e. The first-order valence-electron chi connectivity index (χ1n) is 6.90. The molecule has 1 fully saturated rings. The fourth-order valence-electron chi connectivity index (χ4n) is 2.42. The summed E-state index contributed by atoms with van der Waals surface area (Å²) in [6.45, 7) is 2.15. The Morgan fingerprint density at radius 2 is 2.00 bits per heavy atom. The predicted octanol–water partition coefficient (Wildman–Crippen LogP) is 4.63. The Labute approximate surface area is 118 Å². The van der Waals surface area contributed by atoms with Crippen LogP contribution in [0.25, 0.3) is 11.4 Å². The van der Waals surface area contributed by atoms with Gasteiger partial charge in [-0.3, -0.25) is 0 Å². The van der Waals surface area contributed by atoms with Crippen molar-refractivity contribution in [3.8, 4) is 11.4 Å². The molecule has 0 bridgehead atoms. The summed E-state index contributed by atoms with van der Waals surface area (Å²) in [5.74, 6) is 1.46. The number of benzene rings is 1. The van der Waals surface area contributed by atoms with Crippen LogP contribution in [0.3, 0.4) is 0 Å². The van der Waals surface area contributed by atoms with E-state index in [4.69, 9.17) is 11.6 Å². The van der Waals surface area contributed by atoms with Crippen LogP contribution in [0.5, 0.6) is 0 Å². The maximum Gasteiger partial charge on any atom is 0.161 e. The summed E-state index contributed by atoms with van der Waals surface area (Å²) in [6.07, 6.45) is 4.57. The molecule has 0 aliphatic heterocycles. The normalized spacial score (nSPS) is 14.6. The summed E-state index contributed by atoms with van der Waals surface area (Å²) in [7, 11) is 0. The van der Waals surface area contributed by atoms with Crippen molar-refractivity contribution in [1.82, 2.24) is 9.97 Å². The average Bonchev–Trinajstić information content (AvgIpc) is 3.23. The second-order valence-electron chi connectivity index (χ2n) is 5.12. The molecule has 0 unspecified atom stereocenters. The molecule has 0 radical (unpaired) electrons. The van der Waals surface area contributed by atoms with Gasteiger partial charge >= 0.3 is 0 Å². The van der Waals surface area contributed by atoms with E-state index in [2.05, 4.69) is 35.1 Å². The van der Waals surface area contributed by atoms with Crippen LogP contribution in [0.4, 0.5) is 0 Å². The third kappa shape index (κ3) is 2.79. The summed E-state index contributed by atoms with van der Waals surface area (Å²) >= 11 is 6.13. The summed E-state index contributed by atoms with van der Waals surface area (Å²) in [5.41, 5.74) is 3.54. The first kappa shape index (κ1) is 12.6. The van der Waals surface area contributed by atoms with E-state index >= 15 is 0 Å². The molecule has 2 nitrogen and oxygen atoms in total. The third-order valence-electron chi connectivity index (χ3n) is 3.47. The zero-order valence-electron chi connectivity index (χ0n) is 11.1. The molecule has 3 rings (SSSR count). The van der Waals surface area contributed by atoms with E-state index in [1.807, 2.05) is 12.1 Å². The quantitative estimate of drug-likeness (QED) is 0.759. The highest BCUT2D eigenvalue weighted by atomic mass is 35.5. The molecular weight excluding hydrogens is 256 g/mol. The molecule has 1 saturated carbocycles. The van der Waals surface area contributed by atoms with Crippen molar-refractivity contribution in [3.05, 3.63) is 46.7 Å². The van der Waals surface area contributed by atoms with Gasteiger partial charge in [0.2, 0.25) is 0 Å². The monoisotopic (exact) mass is 272 g/mol. The van der Waals surface area contributed by atoms with Crippen molar-refractivity contribution in [2.45, 2.75) is 38.5 Å². The maximum atomic E-state index is 6.13. The van der Waals surface area contributed by atoms with Gasteiger partial charge in [-0.1, -0.05) is 49.2 Å². The van der Waals surface area contributed by atoms with E-state index in [-0.39, 0.29) is 0 Å². The SMILES string of the molecule is CCCc1cc(Cl)nc(-c2ccccc2C2CC2)n1. The van der Waals surface area contributed by atoms with Gasteiger partial charge in [-0.25, -0.2) is 9.97 Å². The van der Waals surface area contributed by atoms with Crippen LogP contribution >= 0.6 is 11.6 Å². The van der Waals surface area contributed by atoms with E-state index < -0.39 is 0 Å². The van der Waals surface area contributed by atoms with Crippen LogP contribution in [0.2, 0.25) is 5.15 Å². The maximum absolute atomic E-state index is 6.13. The summed E-state index contributed by atoms with van der Waals surface area (Å²) in [6, 6.07) is 10.3. The molecule has 0 atom stereocenters. The number of hydrogen-bond donors (Lipinski definition) is 0. The Morgan fingerprint density at radius 3 is 2.74 bits per heavy atom. The van der Waals surface area contributed by atoms with Crippen LogP contribution < -0.4 is 0 Å². The average molecular weight is 273 g/mol. The summed E-state index contributed by atoms with van der Waals surface area (Å²) in [5, 5.41) is 0.541. The number of hydrogen-bond acceptors (Lipinski definition) is 2. The second-order valence-corrected chi connectivity index (χ2v) is 5.50. The fourth-order valence-corrected chi connectivity index (χ4v) is 2.63. The van der Waals surface area contributed by atoms with Crippen LogP contribution in [-0.2, 0) is 6.42 Å². The van der Waals surface area contributed by atoms with E-state index in [1.165, 1.54) is 18.4 Å². The smallest absolute Gasteiger partial charge is 0.161 e. The Kier molecular flexibility index (Phi) is 3.52. The molecule has 0 spiro atoms. The van der Waals surface area contributed by atoms with Gasteiger partial charge in [0.1, 0.15) is 5.15 Å². The van der Waals surface area contributed by atoms with Gasteiger partial charge in [-0.05, 0) is 36.8 Å². The Morgan fingerprint density at radius 1 is 1.21 bits per heavy atom. The third-order valence-corrected chi connectivity index (χ3v) is 3.67. The molecule has 1 aromatic heterocycles. The Balaban J connectivity index is 2.06. The van der Waals surface area contributed by atoms with Crippen LogP contribution in [0.1, 0.15) is 43.4 Å². The van der Waals surface area contributed by atoms with Gasteiger partial charge in [0.25, 0.3) is 0 Å². The van der Waals surface area contributed by atoms with Crippen molar-refractivity contribution in [2.75, 3.05) is 0 Å². The highest BCUT2D eigenvalue weighted by Gasteiger charge is 2.26. The molecule has 0 N–H and O–H groups in total. The molecule has 2 aromatic rings. The van der Waals surface area contributed by atoms with E-state index in [9.17, 15) is 0 Å². The number of aryl methyl sites for hydroxylation is 1. The van der Waals surface area contributed by atoms with Crippen molar-refractivity contribution in [2.24, 2.45) is 0 Å². The zero-order chi connectivity index (χ0) is 13.2. The predicted molar refractivity (Wildman–Crippen MR) is 78.4 cm³/mol. The van der Waals surface area contributed by atoms with E-state index in [1.54, 1.807) is 0 Å². The molecule has 98 valence electrons. The molecule has 0 amide bonds. The highest BCUT2D eigenvalue weighted by Crippen LogP contribution is 2.43. The van der Waals surface area contributed by atoms with Gasteiger partial charge < -0.3 is 0 Å². The first-order chi connectivity index (χ1) is 9.28. The minimum atomic E-state index is 0.541. The van der Waals surface area contributed by atoms with Crippen molar-refractivity contribution < 1.29 is 0 Å². The van der Waals surface area contributed by atoms with Gasteiger partial charge in [0, 0.05) is 11.3 Å². The molecule has 1 aliphatic rings. The molecule has 1 aliphatic carbocycles. The number of nitrogens with zero attached hydrogens (tertiary/aromatic N) is 2. The lowest BCUT2D eigenvalue weighted by molar-refractivity contribution is 0.874. The molecule has 1 aromatic carbocycles. The van der Waals surface area contributed by atoms with Crippen LogP contribution in [0.15, 0.2) is 30.3 Å². The van der Waals surface area contributed by atoms with Crippen molar-refractivity contribution in [1.29, 1.82) is 0 Å². The van der Waals surface area contributed by atoms with E-state index in [0.29, 0.717) is 11.1 Å². The Hall–Kier alpha value is -1.41. The van der Waals surface area contributed by atoms with Gasteiger partial charge in [0.05, 0.1) is 0 Å². The summed E-state index contributed by atoms with van der Waals surface area (Å²) < 4.78 is 0. The van der Waals surface area contributed by atoms with Gasteiger partial charge in [0.15, 0.2) is 5.82 Å². The molecule has 1 heterocycles. The lowest BCUT2D eigenvalue weighted by Gasteiger charge is -2.09. The number of aromatic nitrogens is 2. The highest BCUT2D eigenvalue weighted by molar-refractivity contribution is 6.29. The van der Waals surface area contributed by atoms with Crippen molar-refractivity contribution >= 4 is 11.6 Å². The fraction of sp³-hybridized carbons (Fsp3) is 0.375. The Bertz CT molecular complexity index is 591. The lowest BCUT2D eigenvalue weighted by Crippen LogP contribution is -1.98. The van der Waals surface area contributed by atoms with E-state index in [0.717, 1.165) is 29.9 Å². The van der Waals surface area contributed by atoms with Crippen molar-refractivity contribution in [3.63, 3.8) is 0 Å². The molecule has 3 heteroatoms. The number of halogens is 1. The number of rotatable bonds is 4. The molecule has 0 saturated heterocycles.